The summed E-state index contributed by atoms with van der Waals surface area (Å²) in [5, 5.41) is 0. The van der Waals surface area contributed by atoms with E-state index in [1.807, 2.05) is 49.4 Å². The predicted molar refractivity (Wildman–Crippen MR) is 128 cm³/mol. The summed E-state index contributed by atoms with van der Waals surface area (Å²) in [6.07, 6.45) is 0.116. The molecule has 3 aromatic rings. The summed E-state index contributed by atoms with van der Waals surface area (Å²) in [4.78, 5) is 14.9. The normalized spacial score (nSPS) is 12.9. The first-order valence-electron chi connectivity index (χ1n) is 11.5. The number of hydrogen-bond acceptors (Lipinski definition) is 4. The van der Waals surface area contributed by atoms with Crippen LogP contribution < -0.4 is 4.74 Å². The number of halogens is 1. The van der Waals surface area contributed by atoms with Gasteiger partial charge in [-0.1, -0.05) is 66.7 Å². The number of rotatable bonds is 11. The van der Waals surface area contributed by atoms with E-state index in [9.17, 15) is 9.18 Å². The Morgan fingerprint density at radius 2 is 1.58 bits per heavy atom. The molecule has 0 N–H and O–H groups in total. The molecule has 0 spiro atoms. The maximum Gasteiger partial charge on any atom is 0.307 e. The second kappa shape index (κ2) is 12.2. The third-order valence-electron chi connectivity index (χ3n) is 5.69. The summed E-state index contributed by atoms with van der Waals surface area (Å²) in [6, 6.07) is 24.8. The van der Waals surface area contributed by atoms with Crippen LogP contribution in [-0.4, -0.2) is 24.1 Å². The zero-order chi connectivity index (χ0) is 23.6. The molecular weight excluding hydrogens is 417 g/mol. The van der Waals surface area contributed by atoms with E-state index in [0.29, 0.717) is 25.3 Å². The summed E-state index contributed by atoms with van der Waals surface area (Å²) in [5.74, 6) is -0.535. The van der Waals surface area contributed by atoms with Crippen molar-refractivity contribution in [1.29, 1.82) is 0 Å². The first-order chi connectivity index (χ1) is 16.0. The highest BCUT2D eigenvalue weighted by molar-refractivity contribution is 5.70. The smallest absolute Gasteiger partial charge is 0.307 e. The van der Waals surface area contributed by atoms with Crippen molar-refractivity contribution in [3.05, 3.63) is 101 Å². The Balaban J connectivity index is 2.05. The SMILES string of the molecule is CCOC(=O)CC(c1ccc(OCC)c(F)c1)N(Cc1ccccc1)[C@H](C)c1ccccc1. The topological polar surface area (TPSA) is 38.8 Å². The molecule has 0 amide bonds. The number of nitrogens with zero attached hydrogens (tertiary/aromatic N) is 1. The average Bonchev–Trinajstić information content (AvgIpc) is 2.84. The molecule has 0 aromatic heterocycles. The standard InChI is InChI=1S/C28H32FNO3/c1-4-32-27-17-16-24(18-25(27)29)26(19-28(31)33-5-2)30(20-22-12-8-6-9-13-22)21(3)23-14-10-7-11-15-23/h6-18,21,26H,4-5,19-20H2,1-3H3/t21-,26?/m1/s1. The van der Waals surface area contributed by atoms with Crippen molar-refractivity contribution in [3.63, 3.8) is 0 Å². The Morgan fingerprint density at radius 1 is 0.909 bits per heavy atom. The molecule has 1 unspecified atom stereocenters. The van der Waals surface area contributed by atoms with Crippen LogP contribution in [0.25, 0.3) is 0 Å². The van der Waals surface area contributed by atoms with Gasteiger partial charge in [-0.15, -0.1) is 0 Å². The summed E-state index contributed by atoms with van der Waals surface area (Å²) in [6.45, 7) is 7.00. The fraction of sp³-hybridized carbons (Fsp3) is 0.321. The van der Waals surface area contributed by atoms with Crippen molar-refractivity contribution in [3.8, 4) is 5.75 Å². The van der Waals surface area contributed by atoms with E-state index in [1.54, 1.807) is 13.0 Å². The summed E-state index contributed by atoms with van der Waals surface area (Å²) in [7, 11) is 0. The molecule has 2 atom stereocenters. The third-order valence-corrected chi connectivity index (χ3v) is 5.69. The fourth-order valence-electron chi connectivity index (χ4n) is 4.04. The van der Waals surface area contributed by atoms with Gasteiger partial charge >= 0.3 is 5.97 Å². The third kappa shape index (κ3) is 6.65. The highest BCUT2D eigenvalue weighted by Crippen LogP contribution is 2.36. The number of benzene rings is 3. The molecule has 0 saturated heterocycles. The van der Waals surface area contributed by atoms with Crippen LogP contribution in [0.15, 0.2) is 78.9 Å². The van der Waals surface area contributed by atoms with Crippen LogP contribution in [0, 0.1) is 5.82 Å². The Kier molecular flexibility index (Phi) is 9.02. The zero-order valence-electron chi connectivity index (χ0n) is 19.5. The first-order valence-corrected chi connectivity index (χ1v) is 11.5. The number of hydrogen-bond donors (Lipinski definition) is 0. The lowest BCUT2D eigenvalue weighted by Crippen LogP contribution is -2.33. The lowest BCUT2D eigenvalue weighted by molar-refractivity contribution is -0.145. The first kappa shape index (κ1) is 24.5. The van der Waals surface area contributed by atoms with Gasteiger partial charge in [0, 0.05) is 18.6 Å². The molecular formula is C28H32FNO3. The van der Waals surface area contributed by atoms with E-state index in [1.165, 1.54) is 6.07 Å². The maximum atomic E-state index is 14.8. The van der Waals surface area contributed by atoms with E-state index in [0.717, 1.165) is 11.1 Å². The van der Waals surface area contributed by atoms with Crippen molar-refractivity contribution in [2.45, 2.75) is 45.8 Å². The van der Waals surface area contributed by atoms with Crippen molar-refractivity contribution in [2.24, 2.45) is 0 Å². The zero-order valence-corrected chi connectivity index (χ0v) is 19.5. The van der Waals surface area contributed by atoms with Gasteiger partial charge in [-0.3, -0.25) is 9.69 Å². The Morgan fingerprint density at radius 3 is 2.18 bits per heavy atom. The molecule has 0 bridgehead atoms. The molecule has 3 rings (SSSR count). The van der Waals surface area contributed by atoms with Gasteiger partial charge in [0.05, 0.1) is 19.6 Å². The molecule has 174 valence electrons. The second-order valence-electron chi connectivity index (χ2n) is 7.89. The van der Waals surface area contributed by atoms with Crippen molar-refractivity contribution >= 4 is 5.97 Å². The van der Waals surface area contributed by atoms with E-state index in [4.69, 9.17) is 9.47 Å². The van der Waals surface area contributed by atoms with E-state index in [-0.39, 0.29) is 30.2 Å². The molecule has 0 saturated carbocycles. The van der Waals surface area contributed by atoms with Gasteiger partial charge in [0.15, 0.2) is 11.6 Å². The number of carbonyl (C=O) groups excluding carboxylic acids is 1. The summed E-state index contributed by atoms with van der Waals surface area (Å²) in [5.41, 5.74) is 2.94. The van der Waals surface area contributed by atoms with Crippen LogP contribution in [0.3, 0.4) is 0 Å². The van der Waals surface area contributed by atoms with Gasteiger partial charge in [-0.2, -0.15) is 0 Å². The summed E-state index contributed by atoms with van der Waals surface area (Å²) >= 11 is 0. The molecule has 0 heterocycles. The van der Waals surface area contributed by atoms with Crippen LogP contribution in [0.1, 0.15) is 56.0 Å². The molecule has 0 radical (unpaired) electrons. The molecule has 5 heteroatoms. The highest BCUT2D eigenvalue weighted by Gasteiger charge is 2.29. The van der Waals surface area contributed by atoms with Gasteiger partial charge in [-0.05, 0) is 49.6 Å². The minimum atomic E-state index is -0.435. The number of ether oxygens (including phenoxy) is 2. The van der Waals surface area contributed by atoms with Crippen LogP contribution in [0.5, 0.6) is 5.75 Å². The Labute approximate surface area is 196 Å². The minimum Gasteiger partial charge on any atom is -0.491 e. The molecule has 3 aromatic carbocycles. The van der Waals surface area contributed by atoms with Gasteiger partial charge in [0.1, 0.15) is 0 Å². The minimum absolute atomic E-state index is 0.0273. The molecule has 0 aliphatic carbocycles. The molecule has 0 aliphatic rings. The lowest BCUT2D eigenvalue weighted by Gasteiger charge is -2.37. The van der Waals surface area contributed by atoms with E-state index >= 15 is 0 Å². The van der Waals surface area contributed by atoms with Crippen molar-refractivity contribution in [1.82, 2.24) is 4.90 Å². The van der Waals surface area contributed by atoms with Crippen molar-refractivity contribution < 1.29 is 18.7 Å². The Hall–Kier alpha value is -3.18. The second-order valence-corrected chi connectivity index (χ2v) is 7.89. The quantitative estimate of drug-likeness (QED) is 0.314. The highest BCUT2D eigenvalue weighted by atomic mass is 19.1. The van der Waals surface area contributed by atoms with Crippen LogP contribution >= 0.6 is 0 Å². The van der Waals surface area contributed by atoms with Crippen molar-refractivity contribution in [2.75, 3.05) is 13.2 Å². The van der Waals surface area contributed by atoms with Gasteiger partial charge in [0.25, 0.3) is 0 Å². The number of esters is 1. The largest absolute Gasteiger partial charge is 0.491 e. The Bertz CT molecular complexity index is 1010. The van der Waals surface area contributed by atoms with Crippen LogP contribution in [-0.2, 0) is 16.1 Å². The number of carbonyl (C=O) groups is 1. The molecule has 0 fully saturated rings. The summed E-state index contributed by atoms with van der Waals surface area (Å²) < 4.78 is 25.5. The van der Waals surface area contributed by atoms with Gasteiger partial charge < -0.3 is 9.47 Å². The molecule has 0 aliphatic heterocycles. The molecule has 33 heavy (non-hydrogen) atoms. The monoisotopic (exact) mass is 449 g/mol. The average molecular weight is 450 g/mol. The van der Waals surface area contributed by atoms with E-state index < -0.39 is 5.82 Å². The van der Waals surface area contributed by atoms with E-state index in [2.05, 4.69) is 36.1 Å². The maximum absolute atomic E-state index is 14.8. The van der Waals surface area contributed by atoms with Gasteiger partial charge in [0.2, 0.25) is 0 Å². The fourth-order valence-corrected chi connectivity index (χ4v) is 4.04. The predicted octanol–water partition coefficient (Wildman–Crippen LogP) is 6.48. The molecule has 4 nitrogen and oxygen atoms in total. The lowest BCUT2D eigenvalue weighted by atomic mass is 9.96. The van der Waals surface area contributed by atoms with Gasteiger partial charge in [-0.25, -0.2) is 4.39 Å². The van der Waals surface area contributed by atoms with Crippen LogP contribution in [0.4, 0.5) is 4.39 Å². The van der Waals surface area contributed by atoms with Crippen LogP contribution in [0.2, 0.25) is 0 Å².